The van der Waals surface area contributed by atoms with Gasteiger partial charge in [0.05, 0.1) is 0 Å². The molecule has 1 atom stereocenters. The number of hydrogen-bond acceptors (Lipinski definition) is 0. The van der Waals surface area contributed by atoms with E-state index in [2.05, 4.69) is 98.3 Å². The summed E-state index contributed by atoms with van der Waals surface area (Å²) in [4.78, 5) is 0. The van der Waals surface area contributed by atoms with Crippen LogP contribution in [0.25, 0.3) is 32.6 Å². The second kappa shape index (κ2) is 6.13. The van der Waals surface area contributed by atoms with Gasteiger partial charge in [-0.1, -0.05) is 74.5 Å². The quantitative estimate of drug-likeness (QED) is 0.362. The summed E-state index contributed by atoms with van der Waals surface area (Å²) in [5, 5.41) is 5.38. The molecule has 0 fully saturated rings. The zero-order valence-corrected chi connectivity index (χ0v) is 16.2. The molecule has 0 spiro atoms. The van der Waals surface area contributed by atoms with Crippen molar-refractivity contribution in [2.75, 3.05) is 0 Å². The van der Waals surface area contributed by atoms with Gasteiger partial charge in [-0.2, -0.15) is 0 Å². The minimum atomic E-state index is 0.478. The van der Waals surface area contributed by atoms with Crippen molar-refractivity contribution < 1.29 is 0 Å². The molecule has 1 aliphatic carbocycles. The van der Waals surface area contributed by atoms with Crippen molar-refractivity contribution in [3.05, 3.63) is 84.0 Å². The van der Waals surface area contributed by atoms with E-state index in [-0.39, 0.29) is 0 Å². The molecule has 0 radical (unpaired) electrons. The first-order valence-electron chi connectivity index (χ1n) is 9.91. The topological polar surface area (TPSA) is 4.93 Å². The summed E-state index contributed by atoms with van der Waals surface area (Å²) in [5.74, 6) is 1.09. The van der Waals surface area contributed by atoms with E-state index in [9.17, 15) is 0 Å². The number of nitrogens with zero attached hydrogens (tertiary/aromatic N) is 1. The van der Waals surface area contributed by atoms with Gasteiger partial charge >= 0.3 is 0 Å². The highest BCUT2D eigenvalue weighted by atomic mass is 14.9. The molecule has 1 heterocycles. The van der Waals surface area contributed by atoms with Crippen LogP contribution in [0.15, 0.2) is 78.4 Å². The summed E-state index contributed by atoms with van der Waals surface area (Å²) in [6.07, 6.45) is 8.21. The Morgan fingerprint density at radius 3 is 2.56 bits per heavy atom. The predicted molar refractivity (Wildman–Crippen MR) is 117 cm³/mol. The summed E-state index contributed by atoms with van der Waals surface area (Å²) in [6, 6.07) is 20.2. The first kappa shape index (κ1) is 16.4. The lowest BCUT2D eigenvalue weighted by Crippen LogP contribution is -2.02. The molecular formula is C26H25N. The molecule has 3 aromatic carbocycles. The number of fused-ring (bicyclic) bond motifs is 5. The third kappa shape index (κ3) is 2.53. The van der Waals surface area contributed by atoms with Crippen molar-refractivity contribution in [1.82, 2.24) is 4.57 Å². The Balaban J connectivity index is 1.67. The van der Waals surface area contributed by atoms with Crippen LogP contribution in [0.2, 0.25) is 0 Å². The Morgan fingerprint density at radius 2 is 1.78 bits per heavy atom. The summed E-state index contributed by atoms with van der Waals surface area (Å²) in [5.41, 5.74) is 5.50. The third-order valence-corrected chi connectivity index (χ3v) is 6.14. The van der Waals surface area contributed by atoms with Crippen LogP contribution in [0.1, 0.15) is 31.7 Å². The molecular weight excluding hydrogens is 326 g/mol. The summed E-state index contributed by atoms with van der Waals surface area (Å²) >= 11 is 0. The van der Waals surface area contributed by atoms with Crippen LogP contribution in [-0.4, -0.2) is 4.57 Å². The molecule has 1 heteroatoms. The second-order valence-corrected chi connectivity index (χ2v) is 8.08. The summed E-state index contributed by atoms with van der Waals surface area (Å²) in [6.45, 7) is 4.53. The van der Waals surface area contributed by atoms with Gasteiger partial charge in [-0.15, -0.1) is 0 Å². The van der Waals surface area contributed by atoms with E-state index in [4.69, 9.17) is 0 Å². The molecule has 4 aromatic rings. The maximum Gasteiger partial charge on any atom is 0.0495 e. The van der Waals surface area contributed by atoms with Crippen molar-refractivity contribution in [1.29, 1.82) is 0 Å². The minimum Gasteiger partial charge on any atom is -0.344 e. The van der Waals surface area contributed by atoms with Gasteiger partial charge in [0.1, 0.15) is 0 Å². The Labute approximate surface area is 160 Å². The lowest BCUT2D eigenvalue weighted by molar-refractivity contribution is 0.751. The van der Waals surface area contributed by atoms with Gasteiger partial charge in [0.25, 0.3) is 0 Å². The van der Waals surface area contributed by atoms with Crippen LogP contribution in [0.3, 0.4) is 0 Å². The van der Waals surface area contributed by atoms with Gasteiger partial charge in [-0.25, -0.2) is 0 Å². The van der Waals surface area contributed by atoms with E-state index < -0.39 is 0 Å². The minimum absolute atomic E-state index is 0.478. The van der Waals surface area contributed by atoms with Crippen LogP contribution in [0, 0.1) is 5.92 Å². The van der Waals surface area contributed by atoms with Crippen molar-refractivity contribution >= 4 is 32.6 Å². The third-order valence-electron chi connectivity index (χ3n) is 6.14. The van der Waals surface area contributed by atoms with E-state index in [0.29, 0.717) is 11.8 Å². The van der Waals surface area contributed by atoms with Gasteiger partial charge < -0.3 is 4.57 Å². The average Bonchev–Trinajstić information content (AvgIpc) is 3.00. The van der Waals surface area contributed by atoms with Gasteiger partial charge in [0, 0.05) is 34.8 Å². The normalized spacial score (nSPS) is 17.3. The largest absolute Gasteiger partial charge is 0.344 e. The Morgan fingerprint density at radius 1 is 0.926 bits per heavy atom. The van der Waals surface area contributed by atoms with Crippen molar-refractivity contribution in [2.24, 2.45) is 13.0 Å². The number of rotatable bonds is 2. The molecule has 0 saturated heterocycles. The van der Waals surface area contributed by atoms with E-state index in [1.807, 2.05) is 0 Å². The average molecular weight is 351 g/mol. The fraction of sp³-hybridized carbons (Fsp3) is 0.231. The number of aryl methyl sites for hydroxylation is 1. The summed E-state index contributed by atoms with van der Waals surface area (Å²) in [7, 11) is 2.19. The maximum absolute atomic E-state index is 2.41. The zero-order valence-electron chi connectivity index (χ0n) is 16.2. The Kier molecular flexibility index (Phi) is 3.72. The molecule has 1 unspecified atom stereocenters. The van der Waals surface area contributed by atoms with E-state index in [1.54, 1.807) is 0 Å². The number of hydrogen-bond donors (Lipinski definition) is 0. The van der Waals surface area contributed by atoms with Gasteiger partial charge in [0.15, 0.2) is 0 Å². The lowest BCUT2D eigenvalue weighted by Gasteiger charge is -2.18. The standard InChI is InChI=1S/C26H25N/c1-17(2)18-8-10-19(11-9-18)21-12-14-23-25(16-21)27(3)24-15-13-20-6-4-5-7-22(20)26(23)24/h4-10,12-17,19H,11H2,1-3H3. The second-order valence-electron chi connectivity index (χ2n) is 8.08. The molecule has 0 aliphatic heterocycles. The monoisotopic (exact) mass is 351 g/mol. The predicted octanol–water partition coefficient (Wildman–Crippen LogP) is 7.11. The zero-order chi connectivity index (χ0) is 18.5. The molecule has 0 bridgehead atoms. The fourth-order valence-corrected chi connectivity index (χ4v) is 4.53. The van der Waals surface area contributed by atoms with Crippen molar-refractivity contribution in [3.63, 3.8) is 0 Å². The van der Waals surface area contributed by atoms with Crippen LogP contribution in [0.5, 0.6) is 0 Å². The number of allylic oxidation sites excluding steroid dienone is 4. The van der Waals surface area contributed by atoms with Gasteiger partial charge in [-0.3, -0.25) is 0 Å². The fourth-order valence-electron chi connectivity index (χ4n) is 4.53. The highest BCUT2D eigenvalue weighted by Gasteiger charge is 2.16. The van der Waals surface area contributed by atoms with Crippen molar-refractivity contribution in [3.8, 4) is 0 Å². The smallest absolute Gasteiger partial charge is 0.0495 e. The maximum atomic E-state index is 2.41. The van der Waals surface area contributed by atoms with E-state index >= 15 is 0 Å². The van der Waals surface area contributed by atoms with Crippen LogP contribution < -0.4 is 0 Å². The molecule has 0 saturated carbocycles. The van der Waals surface area contributed by atoms with E-state index in [1.165, 1.54) is 43.7 Å². The SMILES string of the molecule is CC(C)C1=CCC(c2ccc3c4c5ccccc5ccc4n(C)c3c2)C=C1. The molecule has 27 heavy (non-hydrogen) atoms. The lowest BCUT2D eigenvalue weighted by atomic mass is 9.87. The molecule has 0 amide bonds. The van der Waals surface area contributed by atoms with E-state index in [0.717, 1.165) is 6.42 Å². The van der Waals surface area contributed by atoms with Crippen LogP contribution >= 0.6 is 0 Å². The molecule has 1 aliphatic rings. The Hall–Kier alpha value is -2.80. The first-order valence-corrected chi connectivity index (χ1v) is 9.91. The molecule has 134 valence electrons. The van der Waals surface area contributed by atoms with Crippen LogP contribution in [0.4, 0.5) is 0 Å². The highest BCUT2D eigenvalue weighted by molar-refractivity contribution is 6.20. The van der Waals surface area contributed by atoms with Gasteiger partial charge in [0.2, 0.25) is 0 Å². The molecule has 1 nitrogen and oxygen atoms in total. The number of benzene rings is 3. The molecule has 1 aromatic heterocycles. The van der Waals surface area contributed by atoms with Gasteiger partial charge in [-0.05, 0) is 46.4 Å². The first-order chi connectivity index (χ1) is 13.1. The molecule has 0 N–H and O–H groups in total. The Bertz CT molecular complexity index is 1230. The number of aromatic nitrogens is 1. The highest BCUT2D eigenvalue weighted by Crippen LogP contribution is 2.37. The van der Waals surface area contributed by atoms with Crippen molar-refractivity contribution in [2.45, 2.75) is 26.2 Å². The molecule has 5 rings (SSSR count). The van der Waals surface area contributed by atoms with Crippen LogP contribution in [-0.2, 0) is 7.05 Å². The summed E-state index contributed by atoms with van der Waals surface area (Å²) < 4.78 is 2.35.